The minimum absolute atomic E-state index is 0.195. The molecule has 0 N–H and O–H groups in total. The number of hydrogen-bond acceptors (Lipinski definition) is 5. The molecule has 0 saturated heterocycles. The molecule has 3 aromatic rings. The Kier molecular flexibility index (Phi) is 5.88. The van der Waals surface area contributed by atoms with Crippen LogP contribution in [-0.4, -0.2) is 36.6 Å². The van der Waals surface area contributed by atoms with Gasteiger partial charge in [0.2, 0.25) is 5.88 Å². The third-order valence-electron chi connectivity index (χ3n) is 3.59. The topological polar surface area (TPSA) is 62.6 Å². The molecule has 1 heterocycles. The molecule has 6 nitrogen and oxygen atoms in total. The van der Waals surface area contributed by atoms with Crippen molar-refractivity contribution in [2.24, 2.45) is 0 Å². The molecule has 0 aliphatic heterocycles. The van der Waals surface area contributed by atoms with Crippen LogP contribution < -0.4 is 9.47 Å². The average molecular weight is 373 g/mol. The predicted octanol–water partition coefficient (Wildman–Crippen LogP) is 3.75. The minimum Gasteiger partial charge on any atom is -0.491 e. The van der Waals surface area contributed by atoms with E-state index in [0.717, 1.165) is 16.9 Å². The Hall–Kier alpha value is -2.83. The van der Waals surface area contributed by atoms with Gasteiger partial charge in [0, 0.05) is 23.8 Å². The van der Waals surface area contributed by atoms with Crippen molar-refractivity contribution in [3.05, 3.63) is 59.6 Å². The molecule has 0 fully saturated rings. The molecule has 26 heavy (non-hydrogen) atoms. The Balaban J connectivity index is 2.01. The summed E-state index contributed by atoms with van der Waals surface area (Å²) in [7, 11) is 1.62. The van der Waals surface area contributed by atoms with Gasteiger partial charge in [0.05, 0.1) is 18.0 Å². The zero-order valence-electron chi connectivity index (χ0n) is 14.1. The fraction of sp³-hybridized carbons (Fsp3) is 0.158. The van der Waals surface area contributed by atoms with Gasteiger partial charge >= 0.3 is 0 Å². The quantitative estimate of drug-likeness (QED) is 0.445. The van der Waals surface area contributed by atoms with Gasteiger partial charge in [-0.15, -0.1) is 5.10 Å². The lowest BCUT2D eigenvalue weighted by Crippen LogP contribution is -2.04. The first-order valence-electron chi connectivity index (χ1n) is 7.90. The largest absolute Gasteiger partial charge is 0.491 e. The van der Waals surface area contributed by atoms with Gasteiger partial charge < -0.3 is 14.2 Å². The maximum absolute atomic E-state index is 10.7. The number of nitrogens with zero attached hydrogens (tertiary/aromatic N) is 2. The van der Waals surface area contributed by atoms with Crippen molar-refractivity contribution in [3.8, 4) is 28.6 Å². The zero-order chi connectivity index (χ0) is 18.4. The van der Waals surface area contributed by atoms with Crippen LogP contribution in [0.5, 0.6) is 11.6 Å². The maximum Gasteiger partial charge on any atom is 0.299 e. The van der Waals surface area contributed by atoms with Crippen LogP contribution in [0.2, 0.25) is 5.02 Å². The lowest BCUT2D eigenvalue weighted by atomic mass is 10.1. The van der Waals surface area contributed by atoms with Crippen molar-refractivity contribution in [2.75, 3.05) is 20.3 Å². The highest BCUT2D eigenvalue weighted by atomic mass is 35.5. The Morgan fingerprint density at radius 3 is 2.73 bits per heavy atom. The van der Waals surface area contributed by atoms with Gasteiger partial charge in [-0.1, -0.05) is 29.8 Å². The first-order valence-corrected chi connectivity index (χ1v) is 8.27. The number of carbonyl (C=O) groups is 1. The van der Waals surface area contributed by atoms with E-state index in [1.165, 1.54) is 0 Å². The molecule has 2 aromatic carbocycles. The van der Waals surface area contributed by atoms with Crippen LogP contribution in [0.1, 0.15) is 0 Å². The Morgan fingerprint density at radius 2 is 1.96 bits per heavy atom. The number of rotatable bonds is 8. The van der Waals surface area contributed by atoms with Crippen molar-refractivity contribution in [2.45, 2.75) is 0 Å². The SMILES string of the molecule is COCCOc1cccc(-c2cc(OC=O)nn2-c2cccc(Cl)c2)c1. The molecule has 0 saturated carbocycles. The summed E-state index contributed by atoms with van der Waals surface area (Å²) in [6.07, 6.45) is 0. The highest BCUT2D eigenvalue weighted by Gasteiger charge is 2.14. The van der Waals surface area contributed by atoms with Gasteiger partial charge in [-0.05, 0) is 30.3 Å². The number of methoxy groups -OCH3 is 1. The number of carbonyl (C=O) groups excluding carboxylic acids is 1. The van der Waals surface area contributed by atoms with E-state index in [2.05, 4.69) is 5.10 Å². The molecule has 0 unspecified atom stereocenters. The molecule has 134 valence electrons. The summed E-state index contributed by atoms with van der Waals surface area (Å²) in [5, 5.41) is 4.92. The predicted molar refractivity (Wildman–Crippen MR) is 98.1 cm³/mol. The molecule has 0 bridgehead atoms. The van der Waals surface area contributed by atoms with Crippen molar-refractivity contribution < 1.29 is 19.0 Å². The fourth-order valence-corrected chi connectivity index (χ4v) is 2.65. The van der Waals surface area contributed by atoms with Gasteiger partial charge in [0.1, 0.15) is 12.4 Å². The second-order valence-corrected chi connectivity index (χ2v) is 5.78. The normalized spacial score (nSPS) is 10.5. The van der Waals surface area contributed by atoms with E-state index in [4.69, 9.17) is 25.8 Å². The second kappa shape index (κ2) is 8.51. The lowest BCUT2D eigenvalue weighted by molar-refractivity contribution is -0.120. The van der Waals surface area contributed by atoms with Gasteiger partial charge in [0.15, 0.2) is 0 Å². The molecule has 7 heteroatoms. The van der Waals surface area contributed by atoms with Crippen LogP contribution in [0.25, 0.3) is 16.9 Å². The van der Waals surface area contributed by atoms with Crippen molar-refractivity contribution in [1.82, 2.24) is 9.78 Å². The monoisotopic (exact) mass is 372 g/mol. The van der Waals surface area contributed by atoms with Crippen molar-refractivity contribution >= 4 is 18.1 Å². The fourth-order valence-electron chi connectivity index (χ4n) is 2.46. The number of benzene rings is 2. The van der Waals surface area contributed by atoms with Crippen LogP contribution in [-0.2, 0) is 9.53 Å². The highest BCUT2D eigenvalue weighted by Crippen LogP contribution is 2.30. The van der Waals surface area contributed by atoms with E-state index >= 15 is 0 Å². The zero-order valence-corrected chi connectivity index (χ0v) is 14.8. The summed E-state index contributed by atoms with van der Waals surface area (Å²) >= 11 is 6.10. The summed E-state index contributed by atoms with van der Waals surface area (Å²) in [6.45, 7) is 1.30. The Morgan fingerprint density at radius 1 is 1.12 bits per heavy atom. The van der Waals surface area contributed by atoms with Crippen LogP contribution in [0.15, 0.2) is 54.6 Å². The molecule has 0 atom stereocenters. The summed E-state index contributed by atoms with van der Waals surface area (Å²) in [5.41, 5.74) is 2.34. The van der Waals surface area contributed by atoms with E-state index in [0.29, 0.717) is 30.5 Å². The van der Waals surface area contributed by atoms with Gasteiger partial charge in [0.25, 0.3) is 6.47 Å². The highest BCUT2D eigenvalue weighted by molar-refractivity contribution is 6.30. The molecule has 3 rings (SSSR count). The molecular weight excluding hydrogens is 356 g/mol. The molecule has 0 aliphatic carbocycles. The van der Waals surface area contributed by atoms with Crippen molar-refractivity contribution in [3.63, 3.8) is 0 Å². The van der Waals surface area contributed by atoms with Crippen LogP contribution in [0.3, 0.4) is 0 Å². The molecule has 0 spiro atoms. The van der Waals surface area contributed by atoms with Gasteiger partial charge in [-0.25, -0.2) is 4.68 Å². The molecule has 0 radical (unpaired) electrons. The third-order valence-corrected chi connectivity index (χ3v) is 3.83. The Labute approximate surface area is 155 Å². The standard InChI is InChI=1S/C19H17ClN2O4/c1-24-8-9-25-17-7-2-4-14(10-17)18-12-19(26-13-23)21-22(18)16-6-3-5-15(20)11-16/h2-7,10-13H,8-9H2,1H3. The summed E-state index contributed by atoms with van der Waals surface area (Å²) in [6, 6.07) is 16.5. The number of hydrogen-bond donors (Lipinski definition) is 0. The summed E-state index contributed by atoms with van der Waals surface area (Å²) in [5.74, 6) is 0.900. The van der Waals surface area contributed by atoms with Crippen LogP contribution >= 0.6 is 11.6 Å². The first-order chi connectivity index (χ1) is 12.7. The second-order valence-electron chi connectivity index (χ2n) is 5.34. The smallest absolute Gasteiger partial charge is 0.299 e. The van der Waals surface area contributed by atoms with E-state index in [9.17, 15) is 4.79 Å². The first kappa shape index (κ1) is 18.0. The molecule has 1 aromatic heterocycles. The van der Waals surface area contributed by atoms with E-state index in [1.807, 2.05) is 36.4 Å². The van der Waals surface area contributed by atoms with Crippen LogP contribution in [0, 0.1) is 0 Å². The molecule has 0 amide bonds. The number of ether oxygens (including phenoxy) is 3. The summed E-state index contributed by atoms with van der Waals surface area (Å²) < 4.78 is 17.2. The van der Waals surface area contributed by atoms with Crippen LogP contribution in [0.4, 0.5) is 0 Å². The minimum atomic E-state index is 0.195. The van der Waals surface area contributed by atoms with E-state index in [1.54, 1.807) is 30.0 Å². The summed E-state index contributed by atoms with van der Waals surface area (Å²) in [4.78, 5) is 10.7. The molecule has 0 aliphatic rings. The lowest BCUT2D eigenvalue weighted by Gasteiger charge is -2.10. The van der Waals surface area contributed by atoms with E-state index in [-0.39, 0.29) is 5.88 Å². The van der Waals surface area contributed by atoms with Crippen molar-refractivity contribution in [1.29, 1.82) is 0 Å². The molecular formula is C19H17ClN2O4. The number of halogens is 1. The number of aromatic nitrogens is 2. The van der Waals surface area contributed by atoms with Gasteiger partial charge in [-0.3, -0.25) is 4.79 Å². The average Bonchev–Trinajstić information content (AvgIpc) is 3.07. The van der Waals surface area contributed by atoms with Gasteiger partial charge in [-0.2, -0.15) is 0 Å². The van der Waals surface area contributed by atoms with E-state index < -0.39 is 0 Å². The third kappa shape index (κ3) is 4.22. The Bertz CT molecular complexity index is 895. The maximum atomic E-state index is 10.7.